The third-order valence-electron chi connectivity index (χ3n) is 3.68. The molecule has 0 amide bonds. The highest BCUT2D eigenvalue weighted by Gasteiger charge is 2.14. The molecule has 5 nitrogen and oxygen atoms in total. The number of aromatic nitrogens is 3. The molecule has 0 spiro atoms. The van der Waals surface area contributed by atoms with E-state index in [1.165, 1.54) is 12.1 Å². The number of pyridine rings is 1. The predicted octanol–water partition coefficient (Wildman–Crippen LogP) is 5.51. The summed E-state index contributed by atoms with van der Waals surface area (Å²) in [4.78, 5) is 8.56. The molecule has 0 aliphatic heterocycles. The molecular formula is C17H11Cl2FN4O. The van der Waals surface area contributed by atoms with Crippen LogP contribution in [0.4, 0.5) is 15.9 Å². The summed E-state index contributed by atoms with van der Waals surface area (Å²) >= 11 is 12.2. The molecule has 3 aromatic heterocycles. The fourth-order valence-electron chi connectivity index (χ4n) is 2.57. The lowest BCUT2D eigenvalue weighted by Crippen LogP contribution is -1.97. The number of aryl methyl sites for hydroxylation is 1. The van der Waals surface area contributed by atoms with Gasteiger partial charge in [-0.15, -0.1) is 0 Å². The van der Waals surface area contributed by atoms with Gasteiger partial charge in [0.25, 0.3) is 0 Å². The maximum Gasteiger partial charge on any atom is 0.306 e. The van der Waals surface area contributed by atoms with E-state index in [1.54, 1.807) is 12.4 Å². The number of fused-ring (bicyclic) bond motifs is 1. The maximum absolute atomic E-state index is 13.4. The van der Waals surface area contributed by atoms with Gasteiger partial charge in [0, 0.05) is 17.8 Å². The molecule has 4 aromatic rings. The Kier molecular flexibility index (Phi) is 3.86. The van der Waals surface area contributed by atoms with Crippen molar-refractivity contribution in [1.29, 1.82) is 0 Å². The molecule has 1 N–H and O–H groups in total. The third-order valence-corrected chi connectivity index (χ3v) is 4.28. The van der Waals surface area contributed by atoms with Crippen molar-refractivity contribution >= 4 is 45.6 Å². The predicted molar refractivity (Wildman–Crippen MR) is 95.6 cm³/mol. The molecule has 8 heteroatoms. The van der Waals surface area contributed by atoms with Crippen LogP contribution in [-0.2, 0) is 0 Å². The molecule has 0 radical (unpaired) electrons. The highest BCUT2D eigenvalue weighted by molar-refractivity contribution is 6.39. The normalized spacial score (nSPS) is 11.2. The summed E-state index contributed by atoms with van der Waals surface area (Å²) in [7, 11) is 0. The number of rotatable bonds is 3. The quantitative estimate of drug-likeness (QED) is 0.511. The van der Waals surface area contributed by atoms with Crippen molar-refractivity contribution in [2.24, 2.45) is 0 Å². The van der Waals surface area contributed by atoms with Crippen LogP contribution < -0.4 is 5.32 Å². The number of halogens is 3. The second kappa shape index (κ2) is 6.06. The molecule has 0 saturated carbocycles. The van der Waals surface area contributed by atoms with E-state index in [9.17, 15) is 4.39 Å². The zero-order valence-electron chi connectivity index (χ0n) is 12.9. The van der Waals surface area contributed by atoms with E-state index in [-0.39, 0.29) is 10.0 Å². The van der Waals surface area contributed by atoms with Gasteiger partial charge in [-0.25, -0.2) is 14.4 Å². The smallest absolute Gasteiger partial charge is 0.306 e. The second-order valence-electron chi connectivity index (χ2n) is 5.40. The molecule has 25 heavy (non-hydrogen) atoms. The van der Waals surface area contributed by atoms with Crippen molar-refractivity contribution in [1.82, 2.24) is 14.5 Å². The van der Waals surface area contributed by atoms with E-state index < -0.39 is 5.82 Å². The van der Waals surface area contributed by atoms with Crippen LogP contribution in [0.2, 0.25) is 10.0 Å². The molecule has 0 aliphatic carbocycles. The van der Waals surface area contributed by atoms with Gasteiger partial charge in [0.2, 0.25) is 0 Å². The van der Waals surface area contributed by atoms with Crippen molar-refractivity contribution in [2.75, 3.05) is 5.32 Å². The van der Waals surface area contributed by atoms with Gasteiger partial charge in [-0.3, -0.25) is 4.57 Å². The van der Waals surface area contributed by atoms with Gasteiger partial charge in [0.1, 0.15) is 17.4 Å². The van der Waals surface area contributed by atoms with Crippen LogP contribution in [0.5, 0.6) is 0 Å². The topological polar surface area (TPSA) is 55.9 Å². The molecule has 1 aromatic carbocycles. The minimum Gasteiger partial charge on any atom is -0.428 e. The molecule has 4 rings (SSSR count). The lowest BCUT2D eigenvalue weighted by atomic mass is 10.2. The van der Waals surface area contributed by atoms with Gasteiger partial charge in [0.05, 0.1) is 27.4 Å². The first-order chi connectivity index (χ1) is 12.0. The van der Waals surface area contributed by atoms with Crippen molar-refractivity contribution in [2.45, 2.75) is 6.92 Å². The minimum absolute atomic E-state index is 0.173. The van der Waals surface area contributed by atoms with Crippen LogP contribution >= 0.6 is 23.2 Å². The molecule has 0 aliphatic rings. The number of benzene rings is 1. The first-order valence-corrected chi connectivity index (χ1v) is 8.09. The van der Waals surface area contributed by atoms with Gasteiger partial charge in [-0.05, 0) is 31.2 Å². The standard InChI is InChI=1S/C17H11Cl2FN4O/c1-9-8-22-17(25-9)24-5-3-11-14(24)2-4-21-16(11)23-15-12(18)6-10(20)7-13(15)19/h2-8H,1H3,(H,21,23). The van der Waals surface area contributed by atoms with Crippen molar-refractivity contribution in [3.63, 3.8) is 0 Å². The summed E-state index contributed by atoms with van der Waals surface area (Å²) < 4.78 is 20.7. The van der Waals surface area contributed by atoms with Crippen molar-refractivity contribution < 1.29 is 8.81 Å². The number of nitrogens with one attached hydrogen (secondary N) is 1. The summed E-state index contributed by atoms with van der Waals surface area (Å²) in [5.41, 5.74) is 1.23. The molecule has 0 atom stereocenters. The lowest BCUT2D eigenvalue weighted by molar-refractivity contribution is 0.505. The molecule has 0 fully saturated rings. The highest BCUT2D eigenvalue weighted by atomic mass is 35.5. The average molecular weight is 377 g/mol. The number of hydrogen-bond donors (Lipinski definition) is 1. The zero-order valence-corrected chi connectivity index (χ0v) is 14.4. The molecule has 3 heterocycles. The van der Waals surface area contributed by atoms with Gasteiger partial charge in [-0.2, -0.15) is 0 Å². The second-order valence-corrected chi connectivity index (χ2v) is 6.22. The van der Waals surface area contributed by atoms with Crippen LogP contribution in [0.1, 0.15) is 5.76 Å². The van der Waals surface area contributed by atoms with E-state index in [1.807, 2.05) is 29.8 Å². The Balaban J connectivity index is 1.81. The maximum atomic E-state index is 13.4. The Morgan fingerprint density at radius 2 is 1.92 bits per heavy atom. The van der Waals surface area contributed by atoms with Gasteiger partial charge in [0.15, 0.2) is 0 Å². The average Bonchev–Trinajstić information content (AvgIpc) is 3.17. The Morgan fingerprint density at radius 1 is 1.16 bits per heavy atom. The fourth-order valence-corrected chi connectivity index (χ4v) is 3.12. The van der Waals surface area contributed by atoms with E-state index in [2.05, 4.69) is 15.3 Å². The minimum atomic E-state index is -0.503. The van der Waals surface area contributed by atoms with Crippen molar-refractivity contribution in [3.8, 4) is 6.01 Å². The first kappa shape index (κ1) is 15.9. The van der Waals surface area contributed by atoms with Crippen LogP contribution in [0.15, 0.2) is 47.3 Å². The summed E-state index contributed by atoms with van der Waals surface area (Å²) in [5, 5.41) is 4.23. The van der Waals surface area contributed by atoms with E-state index in [0.29, 0.717) is 23.3 Å². The van der Waals surface area contributed by atoms with E-state index in [4.69, 9.17) is 27.6 Å². The van der Waals surface area contributed by atoms with Gasteiger partial charge >= 0.3 is 6.01 Å². The Bertz CT molecular complexity index is 1070. The monoisotopic (exact) mass is 376 g/mol. The number of anilines is 2. The Hall–Kier alpha value is -2.57. The van der Waals surface area contributed by atoms with Crippen molar-refractivity contribution in [3.05, 3.63) is 64.5 Å². The van der Waals surface area contributed by atoms with Gasteiger partial charge in [-0.1, -0.05) is 23.2 Å². The number of nitrogens with zero attached hydrogens (tertiary/aromatic N) is 3. The third kappa shape index (κ3) is 2.83. The molecule has 0 unspecified atom stereocenters. The van der Waals surface area contributed by atoms with Crippen LogP contribution in [-0.4, -0.2) is 14.5 Å². The van der Waals surface area contributed by atoms with Crippen LogP contribution in [0, 0.1) is 12.7 Å². The lowest BCUT2D eigenvalue weighted by Gasteiger charge is -2.11. The zero-order chi connectivity index (χ0) is 17.6. The fraction of sp³-hybridized carbons (Fsp3) is 0.0588. The summed E-state index contributed by atoms with van der Waals surface area (Å²) in [6.07, 6.45) is 5.12. The number of hydrogen-bond acceptors (Lipinski definition) is 4. The largest absolute Gasteiger partial charge is 0.428 e. The summed E-state index contributed by atoms with van der Waals surface area (Å²) in [5.74, 6) is 0.751. The van der Waals surface area contributed by atoms with E-state index >= 15 is 0 Å². The molecular weight excluding hydrogens is 366 g/mol. The number of oxazole rings is 1. The highest BCUT2D eigenvalue weighted by Crippen LogP contribution is 2.35. The van der Waals surface area contributed by atoms with Crippen LogP contribution in [0.25, 0.3) is 16.9 Å². The molecule has 126 valence electrons. The Morgan fingerprint density at radius 3 is 2.60 bits per heavy atom. The first-order valence-electron chi connectivity index (χ1n) is 7.33. The van der Waals surface area contributed by atoms with Gasteiger partial charge < -0.3 is 9.73 Å². The molecule has 0 saturated heterocycles. The molecule has 0 bridgehead atoms. The SMILES string of the molecule is Cc1cnc(-n2ccc3c(Nc4c(Cl)cc(F)cc4Cl)nccc32)o1. The van der Waals surface area contributed by atoms with Crippen LogP contribution in [0.3, 0.4) is 0 Å². The van der Waals surface area contributed by atoms with E-state index in [0.717, 1.165) is 10.9 Å². The summed E-state index contributed by atoms with van der Waals surface area (Å²) in [6, 6.07) is 6.55. The summed E-state index contributed by atoms with van der Waals surface area (Å²) in [6.45, 7) is 1.83. The Labute approximate surface area is 152 Å².